The third kappa shape index (κ3) is 7.04. The van der Waals surface area contributed by atoms with Crippen molar-refractivity contribution in [3.63, 3.8) is 0 Å². The van der Waals surface area contributed by atoms with Gasteiger partial charge in [0.05, 0.1) is 22.5 Å². The molecule has 332 valence electrons. The van der Waals surface area contributed by atoms with Gasteiger partial charge in [-0.2, -0.15) is 0 Å². The molecule has 0 radical (unpaired) electrons. The Labute approximate surface area is 411 Å². The maximum atomic E-state index is 3.91. The molecule has 12 rings (SSSR count). The topological polar surface area (TPSA) is 6.48 Å². The molecule has 0 unspecified atom stereocenters. The van der Waals surface area contributed by atoms with Gasteiger partial charge in [-0.1, -0.05) is 225 Å². The van der Waals surface area contributed by atoms with Gasteiger partial charge in [0, 0.05) is 22.6 Å². The van der Waals surface area contributed by atoms with E-state index >= 15 is 0 Å². The van der Waals surface area contributed by atoms with Gasteiger partial charge in [0.1, 0.15) is 0 Å². The Morgan fingerprint density at radius 3 is 1.41 bits per heavy atom. The first-order valence-corrected chi connectivity index (χ1v) is 24.2. The van der Waals surface area contributed by atoms with Crippen molar-refractivity contribution in [1.29, 1.82) is 0 Å². The molecule has 10 aromatic carbocycles. The Morgan fingerprint density at radius 1 is 0.429 bits per heavy atom. The summed E-state index contributed by atoms with van der Waals surface area (Å²) in [6.07, 6.45) is 8.09. The lowest BCUT2D eigenvalue weighted by atomic mass is 9.64. The number of benzene rings is 10. The fourth-order valence-corrected chi connectivity index (χ4v) is 11.1. The molecular weight excluding hydrogens is 845 g/mol. The predicted molar refractivity (Wildman–Crippen MR) is 296 cm³/mol. The van der Waals surface area contributed by atoms with E-state index in [4.69, 9.17) is 0 Å². The molecule has 0 atom stereocenters. The number of rotatable bonds is 10. The first-order chi connectivity index (χ1) is 34.6. The molecule has 0 saturated heterocycles. The van der Waals surface area contributed by atoms with Crippen LogP contribution in [0.25, 0.3) is 50.1 Å². The Morgan fingerprint density at radius 2 is 0.871 bits per heavy atom. The first kappa shape index (κ1) is 42.4. The molecule has 0 aromatic heterocycles. The SMILES string of the molecule is C=C/C=C\C(=C/C)c1ccc(N(c2ccc(-c3ccc(-c4ccc(-c5ccccc5)cc4)cc3)cc2)c2cccc3c2-c2ccccc2C32c3ccccc3N(c3ccccc3)c3ccccc32)cc1. The minimum absolute atomic E-state index is 0.575. The Balaban J connectivity index is 0.993. The summed E-state index contributed by atoms with van der Waals surface area (Å²) in [7, 11) is 0. The van der Waals surface area contributed by atoms with Crippen molar-refractivity contribution in [1.82, 2.24) is 0 Å². The second-order valence-corrected chi connectivity index (χ2v) is 18.0. The second-order valence-electron chi connectivity index (χ2n) is 18.0. The normalized spacial score (nSPS) is 13.1. The molecule has 0 N–H and O–H groups in total. The fourth-order valence-electron chi connectivity index (χ4n) is 11.1. The van der Waals surface area contributed by atoms with E-state index in [9.17, 15) is 0 Å². The average Bonchev–Trinajstić information content (AvgIpc) is 3.74. The lowest BCUT2D eigenvalue weighted by Gasteiger charge is -2.45. The van der Waals surface area contributed by atoms with E-state index in [-0.39, 0.29) is 0 Å². The summed E-state index contributed by atoms with van der Waals surface area (Å²) in [5.41, 5.74) is 23.3. The van der Waals surface area contributed by atoms with E-state index in [1.807, 2.05) is 12.2 Å². The zero-order valence-corrected chi connectivity index (χ0v) is 39.1. The van der Waals surface area contributed by atoms with Crippen LogP contribution in [0.3, 0.4) is 0 Å². The van der Waals surface area contributed by atoms with Crippen LogP contribution in [0.2, 0.25) is 0 Å². The second kappa shape index (κ2) is 17.9. The van der Waals surface area contributed by atoms with Gasteiger partial charge in [-0.05, 0) is 134 Å². The molecule has 1 aliphatic carbocycles. The molecule has 10 aromatic rings. The van der Waals surface area contributed by atoms with Gasteiger partial charge in [-0.3, -0.25) is 0 Å². The number of allylic oxidation sites excluding steroid dienone is 5. The van der Waals surface area contributed by atoms with E-state index in [1.165, 1.54) is 72.6 Å². The first-order valence-electron chi connectivity index (χ1n) is 24.2. The summed E-state index contributed by atoms with van der Waals surface area (Å²) >= 11 is 0. The smallest absolute Gasteiger partial charge is 0.0755 e. The minimum atomic E-state index is -0.575. The van der Waals surface area contributed by atoms with Crippen LogP contribution < -0.4 is 9.80 Å². The zero-order valence-electron chi connectivity index (χ0n) is 39.1. The van der Waals surface area contributed by atoms with Gasteiger partial charge in [0.15, 0.2) is 0 Å². The molecular formula is C68H50N2. The number of nitrogens with zero attached hydrogens (tertiary/aromatic N) is 2. The monoisotopic (exact) mass is 894 g/mol. The molecule has 0 saturated carbocycles. The Hall–Kier alpha value is -8.98. The van der Waals surface area contributed by atoms with Crippen LogP contribution in [0.15, 0.2) is 280 Å². The summed E-state index contributed by atoms with van der Waals surface area (Å²) < 4.78 is 0. The van der Waals surface area contributed by atoms with Crippen LogP contribution >= 0.6 is 0 Å². The maximum absolute atomic E-state index is 3.91. The fraction of sp³-hybridized carbons (Fsp3) is 0.0294. The van der Waals surface area contributed by atoms with Crippen LogP contribution in [-0.2, 0) is 5.41 Å². The van der Waals surface area contributed by atoms with Gasteiger partial charge in [0.2, 0.25) is 0 Å². The summed E-state index contributed by atoms with van der Waals surface area (Å²) in [5, 5.41) is 0. The minimum Gasteiger partial charge on any atom is -0.310 e. The molecule has 70 heavy (non-hydrogen) atoms. The van der Waals surface area contributed by atoms with Gasteiger partial charge in [-0.15, -0.1) is 0 Å². The van der Waals surface area contributed by atoms with Crippen molar-refractivity contribution in [2.24, 2.45) is 0 Å². The lowest BCUT2D eigenvalue weighted by Crippen LogP contribution is -2.36. The highest BCUT2D eigenvalue weighted by Crippen LogP contribution is 2.65. The molecule has 0 amide bonds. The highest BCUT2D eigenvalue weighted by Gasteiger charge is 2.52. The molecule has 2 heteroatoms. The number of fused-ring (bicyclic) bond motifs is 9. The summed E-state index contributed by atoms with van der Waals surface area (Å²) in [6.45, 7) is 6.00. The quantitative estimate of drug-likeness (QED) is 0.126. The standard InChI is InChI=1S/C68H50N2/c1-3-5-19-48(4-2)50-40-44-57(45-41-50)69(58-46-42-55(43-47-58)54-38-36-53(37-39-54)52-34-32-51(33-35-52)49-20-8-6-9-21-49)66-31-18-28-63-67(66)59-24-12-13-25-60(59)68(63)61-26-14-16-29-64(61)70(56-22-10-7-11-23-56)65-30-17-15-27-62(65)68/h3-47H,1H2,2H3/b19-5-,48-4+. The van der Waals surface area contributed by atoms with Crippen LogP contribution in [0.5, 0.6) is 0 Å². The third-order valence-electron chi connectivity index (χ3n) is 14.3. The van der Waals surface area contributed by atoms with Crippen molar-refractivity contribution in [3.8, 4) is 44.5 Å². The number of hydrogen-bond donors (Lipinski definition) is 0. The van der Waals surface area contributed by atoms with Gasteiger partial charge in [0.25, 0.3) is 0 Å². The molecule has 2 nitrogen and oxygen atoms in total. The van der Waals surface area contributed by atoms with Crippen LogP contribution in [-0.4, -0.2) is 0 Å². The van der Waals surface area contributed by atoms with Crippen molar-refractivity contribution < 1.29 is 0 Å². The molecule has 0 bridgehead atoms. The highest BCUT2D eigenvalue weighted by atomic mass is 15.2. The zero-order chi connectivity index (χ0) is 47.0. The largest absolute Gasteiger partial charge is 0.310 e. The maximum Gasteiger partial charge on any atom is 0.0755 e. The summed E-state index contributed by atoms with van der Waals surface area (Å²) in [4.78, 5) is 4.89. The Kier molecular flexibility index (Phi) is 10.8. The number of hydrogen-bond acceptors (Lipinski definition) is 2. The predicted octanol–water partition coefficient (Wildman–Crippen LogP) is 18.4. The highest BCUT2D eigenvalue weighted by molar-refractivity contribution is 6.01. The van der Waals surface area contributed by atoms with Crippen LogP contribution in [0.1, 0.15) is 34.7 Å². The Bertz CT molecular complexity index is 3540. The van der Waals surface area contributed by atoms with Gasteiger partial charge in [-0.25, -0.2) is 0 Å². The summed E-state index contributed by atoms with van der Waals surface area (Å²) in [6, 6.07) is 91.3. The van der Waals surface area contributed by atoms with Crippen molar-refractivity contribution in [3.05, 3.63) is 307 Å². The molecule has 1 spiro atoms. The van der Waals surface area contributed by atoms with E-state index < -0.39 is 5.41 Å². The molecule has 0 fully saturated rings. The van der Waals surface area contributed by atoms with E-state index in [2.05, 4.69) is 284 Å². The van der Waals surface area contributed by atoms with E-state index in [0.717, 1.165) is 39.4 Å². The number of anilines is 6. The van der Waals surface area contributed by atoms with Crippen molar-refractivity contribution in [2.45, 2.75) is 12.3 Å². The van der Waals surface area contributed by atoms with Crippen LogP contribution in [0, 0.1) is 0 Å². The van der Waals surface area contributed by atoms with E-state index in [0.29, 0.717) is 0 Å². The van der Waals surface area contributed by atoms with E-state index in [1.54, 1.807) is 0 Å². The van der Waals surface area contributed by atoms with Gasteiger partial charge >= 0.3 is 0 Å². The lowest BCUT2D eigenvalue weighted by molar-refractivity contribution is 0.752. The molecule has 2 aliphatic rings. The van der Waals surface area contributed by atoms with Gasteiger partial charge < -0.3 is 9.80 Å². The molecule has 1 heterocycles. The van der Waals surface area contributed by atoms with Crippen molar-refractivity contribution >= 4 is 39.7 Å². The van der Waals surface area contributed by atoms with Crippen LogP contribution in [0.4, 0.5) is 34.1 Å². The summed E-state index contributed by atoms with van der Waals surface area (Å²) in [5.74, 6) is 0. The molecule has 1 aliphatic heterocycles. The third-order valence-corrected chi connectivity index (χ3v) is 14.3. The van der Waals surface area contributed by atoms with Crippen molar-refractivity contribution in [2.75, 3.05) is 9.80 Å². The number of para-hydroxylation sites is 3. The average molecular weight is 895 g/mol.